The molecule has 2 aromatic carbocycles. The molecule has 112 valence electrons. The van der Waals surface area contributed by atoms with Gasteiger partial charge in [-0.2, -0.15) is 0 Å². The van der Waals surface area contributed by atoms with E-state index in [2.05, 4.69) is 30.3 Å². The minimum absolute atomic E-state index is 0.0113. The third-order valence-electron chi connectivity index (χ3n) is 3.72. The second-order valence-electron chi connectivity index (χ2n) is 5.14. The Morgan fingerprint density at radius 1 is 1.24 bits per heavy atom. The normalized spacial score (nSPS) is 12.7. The van der Waals surface area contributed by atoms with Gasteiger partial charge >= 0.3 is 5.97 Å². The molecule has 1 atom stereocenters. The van der Waals surface area contributed by atoms with Crippen LogP contribution in [0.2, 0.25) is 0 Å². The lowest BCUT2D eigenvalue weighted by Crippen LogP contribution is -2.35. The number of rotatable bonds is 7. The number of ether oxygens (including phenoxy) is 1. The van der Waals surface area contributed by atoms with E-state index in [0.717, 1.165) is 5.56 Å². The van der Waals surface area contributed by atoms with Crippen molar-refractivity contribution in [1.29, 1.82) is 0 Å². The highest BCUT2D eigenvalue weighted by Gasteiger charge is 2.18. The molecule has 0 saturated carbocycles. The number of hydrogen-bond acceptors (Lipinski definition) is 3. The molecular weight excluding hydrogens is 266 g/mol. The summed E-state index contributed by atoms with van der Waals surface area (Å²) >= 11 is 0. The molecule has 0 radical (unpaired) electrons. The van der Waals surface area contributed by atoms with Crippen LogP contribution in [0.5, 0.6) is 0 Å². The minimum Gasteiger partial charge on any atom is -0.480 e. The Kier molecular flexibility index (Phi) is 5.31. The number of hydrogen-bond donors (Lipinski definition) is 1. The van der Waals surface area contributed by atoms with Crippen LogP contribution < -0.4 is 0 Å². The van der Waals surface area contributed by atoms with Gasteiger partial charge in [0.05, 0.1) is 13.2 Å². The Hall–Kier alpha value is -1.91. The van der Waals surface area contributed by atoms with Crippen LogP contribution in [0.1, 0.15) is 18.5 Å². The highest BCUT2D eigenvalue weighted by atomic mass is 16.5. The van der Waals surface area contributed by atoms with E-state index in [1.165, 1.54) is 10.8 Å². The van der Waals surface area contributed by atoms with Crippen molar-refractivity contribution in [3.05, 3.63) is 48.0 Å². The fourth-order valence-corrected chi connectivity index (χ4v) is 2.47. The van der Waals surface area contributed by atoms with Crippen molar-refractivity contribution in [2.45, 2.75) is 13.0 Å². The van der Waals surface area contributed by atoms with Crippen LogP contribution in [0.3, 0.4) is 0 Å². The number of carboxylic acids is 1. The second-order valence-corrected chi connectivity index (χ2v) is 5.14. The molecule has 0 bridgehead atoms. The summed E-state index contributed by atoms with van der Waals surface area (Å²) in [5.41, 5.74) is 1.12. The molecule has 21 heavy (non-hydrogen) atoms. The number of nitrogens with zero attached hydrogens (tertiary/aromatic N) is 1. The number of benzene rings is 2. The highest BCUT2D eigenvalue weighted by molar-refractivity contribution is 5.83. The lowest BCUT2D eigenvalue weighted by atomic mass is 10.0. The predicted octanol–water partition coefficient (Wildman–Crippen LogP) is 2.93. The molecule has 0 amide bonds. The molecule has 4 heteroatoms. The molecule has 1 N–H and O–H groups in total. The lowest BCUT2D eigenvalue weighted by Gasteiger charge is -2.27. The van der Waals surface area contributed by atoms with Crippen molar-refractivity contribution in [3.63, 3.8) is 0 Å². The number of fused-ring (bicyclic) bond motifs is 1. The van der Waals surface area contributed by atoms with E-state index in [0.29, 0.717) is 13.2 Å². The highest BCUT2D eigenvalue weighted by Crippen LogP contribution is 2.24. The summed E-state index contributed by atoms with van der Waals surface area (Å²) < 4.78 is 5.08. The smallest absolute Gasteiger partial charge is 0.317 e. The Morgan fingerprint density at radius 2 is 1.95 bits per heavy atom. The maximum absolute atomic E-state index is 11.0. The summed E-state index contributed by atoms with van der Waals surface area (Å²) in [6, 6.07) is 14.5. The molecular formula is C17H21NO3. The van der Waals surface area contributed by atoms with Crippen LogP contribution in [-0.2, 0) is 9.53 Å². The summed E-state index contributed by atoms with van der Waals surface area (Å²) in [5, 5.41) is 11.4. The van der Waals surface area contributed by atoms with Crippen molar-refractivity contribution < 1.29 is 14.6 Å². The predicted molar refractivity (Wildman–Crippen MR) is 83.4 cm³/mol. The van der Waals surface area contributed by atoms with E-state index in [4.69, 9.17) is 9.84 Å². The van der Waals surface area contributed by atoms with Gasteiger partial charge in [0, 0.05) is 19.7 Å². The molecule has 1 unspecified atom stereocenters. The van der Waals surface area contributed by atoms with Gasteiger partial charge < -0.3 is 9.84 Å². The van der Waals surface area contributed by atoms with Crippen LogP contribution in [0.4, 0.5) is 0 Å². The molecule has 4 nitrogen and oxygen atoms in total. The van der Waals surface area contributed by atoms with Gasteiger partial charge in [-0.1, -0.05) is 36.4 Å². The topological polar surface area (TPSA) is 49.8 Å². The van der Waals surface area contributed by atoms with E-state index < -0.39 is 5.97 Å². The number of methoxy groups -OCH3 is 1. The molecule has 0 saturated heterocycles. The van der Waals surface area contributed by atoms with E-state index in [-0.39, 0.29) is 12.6 Å². The molecule has 0 fully saturated rings. The van der Waals surface area contributed by atoms with Gasteiger partial charge in [0.25, 0.3) is 0 Å². The molecule has 0 aliphatic carbocycles. The van der Waals surface area contributed by atoms with Crippen LogP contribution in [0.25, 0.3) is 10.8 Å². The van der Waals surface area contributed by atoms with Crippen molar-refractivity contribution >= 4 is 16.7 Å². The molecule has 0 heterocycles. The zero-order valence-electron chi connectivity index (χ0n) is 12.5. The van der Waals surface area contributed by atoms with Gasteiger partial charge in [-0.05, 0) is 29.3 Å². The number of aliphatic carboxylic acids is 1. The second kappa shape index (κ2) is 7.20. The van der Waals surface area contributed by atoms with E-state index in [1.54, 1.807) is 7.11 Å². The summed E-state index contributed by atoms with van der Waals surface area (Å²) in [6.07, 6.45) is 0. The Bertz CT molecular complexity index is 612. The molecule has 2 rings (SSSR count). The maximum Gasteiger partial charge on any atom is 0.317 e. The number of carboxylic acid groups (broad SMARTS) is 1. The Morgan fingerprint density at radius 3 is 2.62 bits per heavy atom. The molecule has 2 aromatic rings. The van der Waals surface area contributed by atoms with Crippen LogP contribution in [0.15, 0.2) is 42.5 Å². The molecule has 0 spiro atoms. The summed E-state index contributed by atoms with van der Waals surface area (Å²) in [4.78, 5) is 13.0. The summed E-state index contributed by atoms with van der Waals surface area (Å²) in [5.74, 6) is -0.821. The van der Waals surface area contributed by atoms with Gasteiger partial charge in [0.2, 0.25) is 0 Å². The Labute approximate surface area is 124 Å². The Balaban J connectivity index is 2.23. The van der Waals surface area contributed by atoms with Crippen molar-refractivity contribution in [1.82, 2.24) is 4.90 Å². The summed E-state index contributed by atoms with van der Waals surface area (Å²) in [6.45, 7) is 3.15. The minimum atomic E-state index is -0.821. The van der Waals surface area contributed by atoms with Gasteiger partial charge in [0.1, 0.15) is 0 Å². The zero-order valence-corrected chi connectivity index (χ0v) is 12.5. The average Bonchev–Trinajstić information content (AvgIpc) is 2.50. The van der Waals surface area contributed by atoms with Gasteiger partial charge in [-0.3, -0.25) is 9.69 Å². The monoisotopic (exact) mass is 287 g/mol. The first-order valence-corrected chi connectivity index (χ1v) is 7.05. The zero-order chi connectivity index (χ0) is 15.2. The van der Waals surface area contributed by atoms with Crippen LogP contribution in [-0.4, -0.2) is 42.8 Å². The van der Waals surface area contributed by atoms with Crippen molar-refractivity contribution in [2.24, 2.45) is 0 Å². The van der Waals surface area contributed by atoms with Crippen molar-refractivity contribution in [2.75, 3.05) is 26.8 Å². The van der Waals surface area contributed by atoms with Crippen molar-refractivity contribution in [3.8, 4) is 0 Å². The van der Waals surface area contributed by atoms with Gasteiger partial charge in [-0.25, -0.2) is 0 Å². The molecule has 0 aliphatic heterocycles. The summed E-state index contributed by atoms with van der Waals surface area (Å²) in [7, 11) is 1.62. The fourth-order valence-electron chi connectivity index (χ4n) is 2.47. The quantitative estimate of drug-likeness (QED) is 0.850. The lowest BCUT2D eigenvalue weighted by molar-refractivity contribution is -0.139. The molecule has 0 aliphatic rings. The van der Waals surface area contributed by atoms with E-state index >= 15 is 0 Å². The largest absolute Gasteiger partial charge is 0.480 e. The van der Waals surface area contributed by atoms with E-state index in [1.807, 2.05) is 24.0 Å². The van der Waals surface area contributed by atoms with Gasteiger partial charge in [0.15, 0.2) is 0 Å². The standard InChI is InChI=1S/C17H21NO3/c1-13(18(9-10-21-2)12-17(19)20)15-8-7-14-5-3-4-6-16(14)11-15/h3-8,11,13H,9-10,12H2,1-2H3,(H,19,20). The van der Waals surface area contributed by atoms with E-state index in [9.17, 15) is 4.79 Å². The maximum atomic E-state index is 11.0. The van der Waals surface area contributed by atoms with Crippen LogP contribution in [0, 0.1) is 0 Å². The first-order valence-electron chi connectivity index (χ1n) is 7.05. The van der Waals surface area contributed by atoms with Crippen LogP contribution >= 0.6 is 0 Å². The first kappa shape index (κ1) is 15.5. The average molecular weight is 287 g/mol. The first-order chi connectivity index (χ1) is 10.1. The van der Waals surface area contributed by atoms with Gasteiger partial charge in [-0.15, -0.1) is 0 Å². The third kappa shape index (κ3) is 4.03. The number of carbonyl (C=O) groups is 1. The fraction of sp³-hybridized carbons (Fsp3) is 0.353. The third-order valence-corrected chi connectivity index (χ3v) is 3.72. The SMILES string of the molecule is COCCN(CC(=O)O)C(C)c1ccc2ccccc2c1. The molecule has 0 aromatic heterocycles.